The first kappa shape index (κ1) is 27.6. The van der Waals surface area contributed by atoms with Crippen LogP contribution in [0.1, 0.15) is 75.6 Å². The fourth-order valence-electron chi connectivity index (χ4n) is 5.72. The van der Waals surface area contributed by atoms with E-state index in [2.05, 4.69) is 37.5 Å². The molecule has 0 radical (unpaired) electrons. The van der Waals surface area contributed by atoms with Crippen molar-refractivity contribution in [2.45, 2.75) is 89.5 Å². The molecule has 9 heteroatoms. The average Bonchev–Trinajstić information content (AvgIpc) is 3.33. The number of aliphatic hydroxyl groups excluding tert-OH is 1. The number of nitrogens with zero attached hydrogens (tertiary/aromatic N) is 1. The number of pyridine rings is 1. The van der Waals surface area contributed by atoms with Crippen LogP contribution < -0.4 is 24.8 Å². The second-order valence-corrected chi connectivity index (χ2v) is 12.4. The summed E-state index contributed by atoms with van der Waals surface area (Å²) in [6.45, 7) is 6.28. The molecule has 1 spiro atoms. The van der Waals surface area contributed by atoms with Crippen molar-refractivity contribution < 1.29 is 28.5 Å². The SMILES string of the molecule is CC(C)(C)Cc1cnc2c(c1)[C@@H](NC[C@@H](O)[C@H](Cc1ccc3c(c1)OCO3)NC(=O)CCF)CC1(CCC1)O2. The Hall–Kier alpha value is -2.91. The van der Waals surface area contributed by atoms with Crippen molar-refractivity contribution in [2.24, 2.45) is 5.41 Å². The van der Waals surface area contributed by atoms with Gasteiger partial charge in [-0.1, -0.05) is 26.8 Å². The summed E-state index contributed by atoms with van der Waals surface area (Å²) in [6.07, 6.45) is 5.93. The van der Waals surface area contributed by atoms with Gasteiger partial charge in [-0.3, -0.25) is 9.18 Å². The van der Waals surface area contributed by atoms with Gasteiger partial charge in [-0.2, -0.15) is 0 Å². The second kappa shape index (κ2) is 11.3. The zero-order valence-corrected chi connectivity index (χ0v) is 23.1. The lowest BCUT2D eigenvalue weighted by atomic mass is 9.73. The van der Waals surface area contributed by atoms with Crippen molar-refractivity contribution in [3.05, 3.63) is 47.2 Å². The van der Waals surface area contributed by atoms with Crippen LogP contribution in [0.25, 0.3) is 0 Å². The molecule has 5 rings (SSSR count). The minimum absolute atomic E-state index is 0.0381. The first-order valence-corrected chi connectivity index (χ1v) is 14.0. The van der Waals surface area contributed by atoms with E-state index in [9.17, 15) is 14.3 Å². The number of amides is 1. The summed E-state index contributed by atoms with van der Waals surface area (Å²) in [6, 6.07) is 7.09. The van der Waals surface area contributed by atoms with Crippen LogP contribution >= 0.6 is 0 Å². The van der Waals surface area contributed by atoms with Gasteiger partial charge in [0.15, 0.2) is 11.5 Å². The van der Waals surface area contributed by atoms with Crippen LogP contribution in [0.3, 0.4) is 0 Å². The maximum atomic E-state index is 12.9. The molecule has 3 N–H and O–H groups in total. The molecule has 2 aliphatic heterocycles. The lowest BCUT2D eigenvalue weighted by molar-refractivity contribution is -0.122. The summed E-state index contributed by atoms with van der Waals surface area (Å²) in [5.74, 6) is 1.54. The van der Waals surface area contributed by atoms with Crippen LogP contribution in [-0.4, -0.2) is 53.8 Å². The van der Waals surface area contributed by atoms with Gasteiger partial charge >= 0.3 is 0 Å². The van der Waals surface area contributed by atoms with Crippen molar-refractivity contribution in [2.75, 3.05) is 20.0 Å². The molecule has 3 heterocycles. The Morgan fingerprint density at radius 1 is 1.21 bits per heavy atom. The Balaban J connectivity index is 1.32. The first-order chi connectivity index (χ1) is 18.6. The van der Waals surface area contributed by atoms with Gasteiger partial charge in [0, 0.05) is 30.8 Å². The summed E-state index contributed by atoms with van der Waals surface area (Å²) in [4.78, 5) is 17.0. The van der Waals surface area contributed by atoms with Gasteiger partial charge in [0.25, 0.3) is 0 Å². The summed E-state index contributed by atoms with van der Waals surface area (Å²) in [5.41, 5.74) is 2.95. The lowest BCUT2D eigenvalue weighted by Gasteiger charge is -2.47. The van der Waals surface area contributed by atoms with E-state index in [1.807, 2.05) is 24.4 Å². The van der Waals surface area contributed by atoms with Crippen molar-refractivity contribution in [1.82, 2.24) is 15.6 Å². The number of alkyl halides is 1. The largest absolute Gasteiger partial charge is 0.471 e. The van der Waals surface area contributed by atoms with E-state index >= 15 is 0 Å². The fourth-order valence-corrected chi connectivity index (χ4v) is 5.72. The van der Waals surface area contributed by atoms with E-state index in [-0.39, 0.29) is 36.8 Å². The van der Waals surface area contributed by atoms with E-state index in [1.54, 1.807) is 0 Å². The number of halogens is 1. The Morgan fingerprint density at radius 3 is 2.72 bits per heavy atom. The highest BCUT2D eigenvalue weighted by atomic mass is 19.1. The van der Waals surface area contributed by atoms with Crippen LogP contribution in [0.2, 0.25) is 0 Å². The maximum absolute atomic E-state index is 12.9. The molecule has 0 bridgehead atoms. The van der Waals surface area contributed by atoms with E-state index < -0.39 is 24.7 Å². The third-order valence-electron chi connectivity index (χ3n) is 7.80. The molecular weight excluding hydrogens is 501 g/mol. The van der Waals surface area contributed by atoms with Crippen LogP contribution in [0.5, 0.6) is 17.4 Å². The normalized spacial score (nSPS) is 20.5. The van der Waals surface area contributed by atoms with Crippen LogP contribution in [0.4, 0.5) is 4.39 Å². The van der Waals surface area contributed by atoms with E-state index in [0.717, 1.165) is 48.8 Å². The minimum Gasteiger partial charge on any atom is -0.471 e. The Kier molecular flexibility index (Phi) is 8.01. The summed E-state index contributed by atoms with van der Waals surface area (Å²) < 4.78 is 30.1. The molecule has 0 saturated heterocycles. The number of carbonyl (C=O) groups excluding carboxylic acids is 1. The first-order valence-electron chi connectivity index (χ1n) is 14.0. The quantitative estimate of drug-likeness (QED) is 0.415. The predicted octanol–water partition coefficient (Wildman–Crippen LogP) is 4.18. The van der Waals surface area contributed by atoms with Gasteiger partial charge < -0.3 is 30.0 Å². The standard InChI is InChI=1S/C30H40FN3O5/c1-29(2,3)14-20-11-21-23(15-30(8-4-9-30)39-28(21)33-16-20)32-17-24(35)22(34-27(36)7-10-31)12-19-5-6-25-26(13-19)38-18-37-25/h5-6,11,13,16,22-24,32,35H,4,7-10,12,14-15,17-18H2,1-3H3,(H,34,36)/t22-,23-,24+/m0/s1. The van der Waals surface area contributed by atoms with Crippen LogP contribution in [0, 0.1) is 5.41 Å². The molecule has 8 nitrogen and oxygen atoms in total. The second-order valence-electron chi connectivity index (χ2n) is 12.4. The Labute approximate surface area is 229 Å². The monoisotopic (exact) mass is 541 g/mol. The Bertz CT molecular complexity index is 1180. The van der Waals surface area contributed by atoms with Crippen LogP contribution in [-0.2, 0) is 17.6 Å². The number of aliphatic hydroxyl groups is 1. The molecule has 1 aliphatic carbocycles. The molecular formula is C30H40FN3O5. The number of rotatable bonds is 10. The Morgan fingerprint density at radius 2 is 2.00 bits per heavy atom. The lowest BCUT2D eigenvalue weighted by Crippen LogP contribution is -2.52. The average molecular weight is 542 g/mol. The number of nitrogens with one attached hydrogen (secondary N) is 2. The van der Waals surface area contributed by atoms with Crippen molar-refractivity contribution >= 4 is 5.91 Å². The van der Waals surface area contributed by atoms with Gasteiger partial charge in [-0.05, 0) is 66.8 Å². The van der Waals surface area contributed by atoms with Gasteiger partial charge in [-0.25, -0.2) is 4.98 Å². The number of hydrogen-bond donors (Lipinski definition) is 3. The van der Waals surface area contributed by atoms with Crippen molar-refractivity contribution in [1.29, 1.82) is 0 Å². The number of fused-ring (bicyclic) bond motifs is 2. The molecule has 1 saturated carbocycles. The molecule has 212 valence electrons. The molecule has 3 aliphatic rings. The molecule has 1 amide bonds. The number of carbonyl (C=O) groups is 1. The van der Waals surface area contributed by atoms with E-state index in [1.165, 1.54) is 0 Å². The smallest absolute Gasteiger partial charge is 0.231 e. The molecule has 0 unspecified atom stereocenters. The number of ether oxygens (including phenoxy) is 3. The zero-order chi connectivity index (χ0) is 27.6. The molecule has 2 aromatic rings. The van der Waals surface area contributed by atoms with E-state index in [0.29, 0.717) is 23.8 Å². The van der Waals surface area contributed by atoms with Gasteiger partial charge in [0.1, 0.15) is 5.60 Å². The van der Waals surface area contributed by atoms with Gasteiger partial charge in [0.05, 0.1) is 25.2 Å². The van der Waals surface area contributed by atoms with Gasteiger partial charge in [0.2, 0.25) is 18.6 Å². The van der Waals surface area contributed by atoms with E-state index in [4.69, 9.17) is 19.2 Å². The highest BCUT2D eigenvalue weighted by Crippen LogP contribution is 2.48. The summed E-state index contributed by atoms with van der Waals surface area (Å²) in [7, 11) is 0. The molecule has 1 fully saturated rings. The molecule has 3 atom stereocenters. The third-order valence-corrected chi connectivity index (χ3v) is 7.80. The summed E-state index contributed by atoms with van der Waals surface area (Å²) >= 11 is 0. The molecule has 1 aromatic heterocycles. The van der Waals surface area contributed by atoms with Crippen molar-refractivity contribution in [3.63, 3.8) is 0 Å². The number of aromatic nitrogens is 1. The topological polar surface area (TPSA) is 102 Å². The zero-order valence-electron chi connectivity index (χ0n) is 23.1. The van der Waals surface area contributed by atoms with Gasteiger partial charge in [-0.15, -0.1) is 0 Å². The maximum Gasteiger partial charge on any atom is 0.231 e. The highest BCUT2D eigenvalue weighted by molar-refractivity contribution is 5.76. The number of benzene rings is 1. The third kappa shape index (κ3) is 6.64. The predicted molar refractivity (Wildman–Crippen MR) is 145 cm³/mol. The fraction of sp³-hybridized carbons (Fsp3) is 0.600. The highest BCUT2D eigenvalue weighted by Gasteiger charge is 2.46. The molecule has 1 aromatic carbocycles. The van der Waals surface area contributed by atoms with Crippen molar-refractivity contribution in [3.8, 4) is 17.4 Å². The minimum atomic E-state index is -0.909. The number of hydrogen-bond acceptors (Lipinski definition) is 7. The molecule has 39 heavy (non-hydrogen) atoms. The van der Waals surface area contributed by atoms with Crippen LogP contribution in [0.15, 0.2) is 30.5 Å². The summed E-state index contributed by atoms with van der Waals surface area (Å²) in [5, 5.41) is 17.7.